The van der Waals surface area contributed by atoms with Gasteiger partial charge in [-0.05, 0) is 25.1 Å². The van der Waals surface area contributed by atoms with Crippen LogP contribution in [0.1, 0.15) is 37.4 Å². The summed E-state index contributed by atoms with van der Waals surface area (Å²) < 4.78 is 0. The molecule has 4 nitrogen and oxygen atoms in total. The maximum absolute atomic E-state index is 12.3. The second-order valence-corrected chi connectivity index (χ2v) is 4.59. The molecule has 0 aromatic heterocycles. The van der Waals surface area contributed by atoms with Crippen LogP contribution in [0.2, 0.25) is 0 Å². The Kier molecular flexibility index (Phi) is 2.22. The first-order valence-corrected chi connectivity index (χ1v) is 5.75. The van der Waals surface area contributed by atoms with E-state index in [1.165, 1.54) is 0 Å². The molecule has 3 rings (SSSR count). The molecule has 0 amide bonds. The molecule has 0 unspecified atom stereocenters. The first-order chi connectivity index (χ1) is 8.99. The summed E-state index contributed by atoms with van der Waals surface area (Å²) in [6, 6.07) is 7.29. The van der Waals surface area contributed by atoms with Gasteiger partial charge in [0, 0.05) is 22.3 Å². The van der Waals surface area contributed by atoms with Gasteiger partial charge in [-0.1, -0.05) is 17.7 Å². The summed E-state index contributed by atoms with van der Waals surface area (Å²) in [6.45, 7) is 1.84. The quantitative estimate of drug-likeness (QED) is 0.603. The van der Waals surface area contributed by atoms with Crippen molar-refractivity contribution >= 4 is 11.6 Å². The van der Waals surface area contributed by atoms with Crippen LogP contribution in [0.3, 0.4) is 0 Å². The monoisotopic (exact) mass is 254 g/mol. The van der Waals surface area contributed by atoms with E-state index >= 15 is 0 Å². The average Bonchev–Trinajstić information content (AvgIpc) is 2.38. The van der Waals surface area contributed by atoms with E-state index in [9.17, 15) is 19.8 Å². The number of rotatable bonds is 0. The third-order valence-corrected chi connectivity index (χ3v) is 3.27. The second kappa shape index (κ2) is 3.68. The highest BCUT2D eigenvalue weighted by Crippen LogP contribution is 2.34. The van der Waals surface area contributed by atoms with Gasteiger partial charge in [0.2, 0.25) is 0 Å². The predicted molar refractivity (Wildman–Crippen MR) is 67.8 cm³/mol. The molecule has 0 spiro atoms. The van der Waals surface area contributed by atoms with Crippen molar-refractivity contribution in [1.82, 2.24) is 0 Å². The summed E-state index contributed by atoms with van der Waals surface area (Å²) in [5.74, 6) is -1.45. The molecule has 2 aromatic carbocycles. The van der Waals surface area contributed by atoms with Crippen LogP contribution in [0, 0.1) is 6.92 Å². The van der Waals surface area contributed by atoms with Crippen LogP contribution in [0.5, 0.6) is 11.5 Å². The summed E-state index contributed by atoms with van der Waals surface area (Å²) in [4.78, 5) is 24.6. The molecule has 94 valence electrons. The zero-order chi connectivity index (χ0) is 13.7. The Bertz CT molecular complexity index is 744. The predicted octanol–water partition coefficient (Wildman–Crippen LogP) is 2.18. The lowest BCUT2D eigenvalue weighted by Gasteiger charge is -2.18. The Morgan fingerprint density at radius 2 is 1.21 bits per heavy atom. The molecular formula is C15H10O4. The summed E-state index contributed by atoms with van der Waals surface area (Å²) in [5, 5.41) is 18.9. The lowest BCUT2D eigenvalue weighted by atomic mass is 9.83. The fourth-order valence-electron chi connectivity index (χ4n) is 2.29. The van der Waals surface area contributed by atoms with Crippen molar-refractivity contribution in [2.24, 2.45) is 0 Å². The number of aromatic hydroxyl groups is 2. The van der Waals surface area contributed by atoms with Crippen molar-refractivity contribution in [3.05, 3.63) is 58.1 Å². The molecule has 0 atom stereocenters. The van der Waals surface area contributed by atoms with Gasteiger partial charge in [-0.25, -0.2) is 0 Å². The summed E-state index contributed by atoms with van der Waals surface area (Å²) in [5.41, 5.74) is 1.79. The van der Waals surface area contributed by atoms with Crippen molar-refractivity contribution < 1.29 is 19.8 Å². The molecule has 2 N–H and O–H groups in total. The number of fused-ring (bicyclic) bond motifs is 2. The van der Waals surface area contributed by atoms with E-state index in [4.69, 9.17) is 0 Å². The van der Waals surface area contributed by atoms with Crippen molar-refractivity contribution in [1.29, 1.82) is 0 Å². The number of benzene rings is 2. The number of carbonyl (C=O) groups excluding carboxylic acids is 2. The minimum Gasteiger partial charge on any atom is -0.504 e. The third kappa shape index (κ3) is 1.53. The van der Waals surface area contributed by atoms with Crippen molar-refractivity contribution in [3.63, 3.8) is 0 Å². The van der Waals surface area contributed by atoms with E-state index in [0.29, 0.717) is 11.1 Å². The highest BCUT2D eigenvalue weighted by Gasteiger charge is 2.30. The molecule has 0 radical (unpaired) electrons. The van der Waals surface area contributed by atoms with E-state index in [0.717, 1.165) is 17.7 Å². The van der Waals surface area contributed by atoms with E-state index in [2.05, 4.69) is 0 Å². The van der Waals surface area contributed by atoms with Crippen LogP contribution >= 0.6 is 0 Å². The topological polar surface area (TPSA) is 74.6 Å². The van der Waals surface area contributed by atoms with Crippen molar-refractivity contribution in [2.75, 3.05) is 0 Å². The summed E-state index contributed by atoms with van der Waals surface area (Å²) >= 11 is 0. The van der Waals surface area contributed by atoms with Gasteiger partial charge in [0.1, 0.15) is 0 Å². The smallest absolute Gasteiger partial charge is 0.194 e. The molecular weight excluding hydrogens is 244 g/mol. The van der Waals surface area contributed by atoms with Crippen LogP contribution in [0.25, 0.3) is 0 Å². The molecule has 0 heterocycles. The third-order valence-electron chi connectivity index (χ3n) is 3.27. The molecule has 2 aromatic rings. The Labute approximate surface area is 108 Å². The molecule has 4 heteroatoms. The van der Waals surface area contributed by atoms with Gasteiger partial charge in [0.15, 0.2) is 23.1 Å². The van der Waals surface area contributed by atoms with Gasteiger partial charge in [0.05, 0.1) is 0 Å². The molecule has 0 bridgehead atoms. The van der Waals surface area contributed by atoms with E-state index in [1.807, 2.05) is 6.92 Å². The van der Waals surface area contributed by atoms with E-state index < -0.39 is 11.5 Å². The van der Waals surface area contributed by atoms with Crippen LogP contribution in [0.4, 0.5) is 0 Å². The summed E-state index contributed by atoms with van der Waals surface area (Å²) in [7, 11) is 0. The molecule has 0 aliphatic heterocycles. The number of phenolic OH excluding ortho intramolecular Hbond substituents is 2. The van der Waals surface area contributed by atoms with Gasteiger partial charge in [-0.15, -0.1) is 0 Å². The number of aryl methyl sites for hydroxylation is 1. The highest BCUT2D eigenvalue weighted by atomic mass is 16.3. The molecule has 1 aliphatic carbocycles. The lowest BCUT2D eigenvalue weighted by Crippen LogP contribution is -2.20. The first-order valence-electron chi connectivity index (χ1n) is 5.75. The van der Waals surface area contributed by atoms with E-state index in [1.54, 1.807) is 18.2 Å². The Balaban J connectivity index is 2.32. The molecule has 0 fully saturated rings. The van der Waals surface area contributed by atoms with Crippen LogP contribution in [-0.2, 0) is 0 Å². The average molecular weight is 254 g/mol. The fourth-order valence-corrected chi connectivity index (χ4v) is 2.29. The minimum atomic E-state index is -0.407. The number of hydrogen-bond acceptors (Lipinski definition) is 4. The number of hydrogen-bond donors (Lipinski definition) is 2. The van der Waals surface area contributed by atoms with Gasteiger partial charge >= 0.3 is 0 Å². The minimum absolute atomic E-state index is 0.122. The maximum Gasteiger partial charge on any atom is 0.194 e. The number of ketones is 2. The van der Waals surface area contributed by atoms with Crippen LogP contribution in [0.15, 0.2) is 30.3 Å². The molecule has 1 aliphatic rings. The van der Waals surface area contributed by atoms with E-state index in [-0.39, 0.29) is 22.7 Å². The normalized spacial score (nSPS) is 13.1. The van der Waals surface area contributed by atoms with Crippen LogP contribution < -0.4 is 0 Å². The maximum atomic E-state index is 12.3. The SMILES string of the molecule is Cc1ccc2c(c1)C(=O)c1cc(O)c(O)cc1C2=O. The van der Waals surface area contributed by atoms with Crippen LogP contribution in [-0.4, -0.2) is 21.8 Å². The standard InChI is InChI=1S/C15H10O4/c1-7-2-3-8-9(4-7)15(19)11-6-13(17)12(16)5-10(11)14(8)18/h2-6,16-17H,1H3. The summed E-state index contributed by atoms with van der Waals surface area (Å²) in [6.07, 6.45) is 0. The molecule has 0 saturated carbocycles. The van der Waals surface area contributed by atoms with Gasteiger partial charge in [-0.2, -0.15) is 0 Å². The van der Waals surface area contributed by atoms with Crippen molar-refractivity contribution in [2.45, 2.75) is 6.92 Å². The van der Waals surface area contributed by atoms with Gasteiger partial charge < -0.3 is 10.2 Å². The number of carbonyl (C=O) groups is 2. The molecule has 0 saturated heterocycles. The Morgan fingerprint density at radius 1 is 0.737 bits per heavy atom. The number of phenols is 2. The zero-order valence-electron chi connectivity index (χ0n) is 10.1. The molecule has 19 heavy (non-hydrogen) atoms. The fraction of sp³-hybridized carbons (Fsp3) is 0.0667. The lowest BCUT2D eigenvalue weighted by molar-refractivity contribution is 0.0978. The van der Waals surface area contributed by atoms with Crippen molar-refractivity contribution in [3.8, 4) is 11.5 Å². The Hall–Kier alpha value is -2.62. The second-order valence-electron chi connectivity index (χ2n) is 4.59. The highest BCUT2D eigenvalue weighted by molar-refractivity contribution is 6.28. The Morgan fingerprint density at radius 3 is 1.79 bits per heavy atom. The zero-order valence-corrected chi connectivity index (χ0v) is 10.1. The largest absolute Gasteiger partial charge is 0.504 e. The first kappa shape index (κ1) is 11.5. The van der Waals surface area contributed by atoms with Gasteiger partial charge in [0.25, 0.3) is 0 Å². The van der Waals surface area contributed by atoms with Gasteiger partial charge in [-0.3, -0.25) is 9.59 Å².